The highest BCUT2D eigenvalue weighted by atomic mass is 32.2. The predicted octanol–water partition coefficient (Wildman–Crippen LogP) is 4.29. The van der Waals surface area contributed by atoms with Crippen LogP contribution in [0.5, 0.6) is 5.75 Å². The first-order chi connectivity index (χ1) is 14.2. The minimum atomic E-state index is -3.78. The Labute approximate surface area is 178 Å². The smallest absolute Gasteiger partial charge is 0.271 e. The van der Waals surface area contributed by atoms with E-state index >= 15 is 0 Å². The zero-order valence-corrected chi connectivity index (χ0v) is 18.5. The van der Waals surface area contributed by atoms with Gasteiger partial charge in [0.25, 0.3) is 10.0 Å². The lowest BCUT2D eigenvalue weighted by atomic mass is 10.2. The van der Waals surface area contributed by atoms with Gasteiger partial charge >= 0.3 is 0 Å². The number of hydrogen-bond acceptors (Lipinski definition) is 7. The van der Waals surface area contributed by atoms with E-state index in [0.717, 1.165) is 16.9 Å². The number of hydrogen-bond donors (Lipinski definition) is 2. The van der Waals surface area contributed by atoms with Gasteiger partial charge in [0.15, 0.2) is 5.76 Å². The third-order valence-corrected chi connectivity index (χ3v) is 6.96. The van der Waals surface area contributed by atoms with Crippen molar-refractivity contribution < 1.29 is 22.5 Å². The second-order valence-electron chi connectivity index (χ2n) is 6.49. The van der Waals surface area contributed by atoms with Crippen LogP contribution in [0, 0.1) is 13.8 Å². The SMILES string of the molecule is COc1ccc(C)cc1NS(=O)(=O)c1ccc(C=Cc2onc(C)c2NC(C)=O)s1. The molecule has 0 saturated carbocycles. The summed E-state index contributed by atoms with van der Waals surface area (Å²) in [6.45, 7) is 4.98. The number of anilines is 2. The Hall–Kier alpha value is -3.11. The van der Waals surface area contributed by atoms with Crippen molar-refractivity contribution in [1.82, 2.24) is 5.16 Å². The molecular formula is C20H21N3O5S2. The van der Waals surface area contributed by atoms with Crippen molar-refractivity contribution in [3.63, 3.8) is 0 Å². The summed E-state index contributed by atoms with van der Waals surface area (Å²) >= 11 is 1.10. The number of nitrogens with zero attached hydrogens (tertiary/aromatic N) is 1. The number of amides is 1. The molecule has 0 atom stereocenters. The van der Waals surface area contributed by atoms with Gasteiger partial charge in [0.05, 0.1) is 12.8 Å². The molecule has 0 fully saturated rings. The van der Waals surface area contributed by atoms with Gasteiger partial charge in [-0.25, -0.2) is 8.42 Å². The minimum Gasteiger partial charge on any atom is -0.495 e. The Bertz CT molecular complexity index is 1210. The van der Waals surface area contributed by atoms with Crippen LogP contribution in [0.15, 0.2) is 39.1 Å². The molecule has 1 aromatic carbocycles. The Morgan fingerprint density at radius 1 is 1.20 bits per heavy atom. The summed E-state index contributed by atoms with van der Waals surface area (Å²) in [5.74, 6) is 0.577. The van der Waals surface area contributed by atoms with Crippen LogP contribution in [0.25, 0.3) is 12.2 Å². The number of carbonyl (C=O) groups excluding carboxylic acids is 1. The molecule has 158 valence electrons. The maximum Gasteiger partial charge on any atom is 0.271 e. The third kappa shape index (κ3) is 4.89. The van der Waals surface area contributed by atoms with E-state index in [1.165, 1.54) is 20.1 Å². The van der Waals surface area contributed by atoms with Crippen molar-refractivity contribution in [2.24, 2.45) is 0 Å². The number of benzene rings is 1. The second kappa shape index (κ2) is 8.72. The van der Waals surface area contributed by atoms with Crippen LogP contribution in [0.2, 0.25) is 0 Å². The van der Waals surface area contributed by atoms with Crippen molar-refractivity contribution in [2.45, 2.75) is 25.0 Å². The van der Waals surface area contributed by atoms with Crippen LogP contribution < -0.4 is 14.8 Å². The Morgan fingerprint density at radius 3 is 2.67 bits per heavy atom. The number of aromatic nitrogens is 1. The number of ether oxygens (including phenoxy) is 1. The van der Waals surface area contributed by atoms with Gasteiger partial charge < -0.3 is 14.6 Å². The minimum absolute atomic E-state index is 0.154. The van der Waals surface area contributed by atoms with E-state index in [0.29, 0.717) is 33.5 Å². The molecule has 0 saturated heterocycles. The number of rotatable bonds is 7. The fourth-order valence-corrected chi connectivity index (χ4v) is 4.94. The molecule has 8 nitrogen and oxygen atoms in total. The third-order valence-electron chi connectivity index (χ3n) is 4.06. The number of methoxy groups -OCH3 is 1. The summed E-state index contributed by atoms with van der Waals surface area (Å²) in [5, 5.41) is 6.51. The first-order valence-corrected chi connectivity index (χ1v) is 11.2. The van der Waals surface area contributed by atoms with E-state index in [9.17, 15) is 13.2 Å². The number of carbonyl (C=O) groups is 1. The largest absolute Gasteiger partial charge is 0.495 e. The van der Waals surface area contributed by atoms with Gasteiger partial charge in [-0.15, -0.1) is 11.3 Å². The molecule has 0 aliphatic rings. The van der Waals surface area contributed by atoms with Crippen molar-refractivity contribution in [3.8, 4) is 5.75 Å². The summed E-state index contributed by atoms with van der Waals surface area (Å²) in [6, 6.07) is 8.47. The molecular weight excluding hydrogens is 426 g/mol. The van der Waals surface area contributed by atoms with Gasteiger partial charge in [-0.05, 0) is 55.8 Å². The maximum absolute atomic E-state index is 12.8. The van der Waals surface area contributed by atoms with Crippen LogP contribution in [0.1, 0.15) is 28.8 Å². The number of aryl methyl sites for hydroxylation is 2. The van der Waals surface area contributed by atoms with Gasteiger partial charge in [-0.1, -0.05) is 11.2 Å². The molecule has 3 aromatic rings. The maximum atomic E-state index is 12.8. The van der Waals surface area contributed by atoms with Crippen LogP contribution in [-0.4, -0.2) is 26.6 Å². The van der Waals surface area contributed by atoms with Gasteiger partial charge in [0.1, 0.15) is 21.3 Å². The summed E-state index contributed by atoms with van der Waals surface area (Å²) in [6.07, 6.45) is 3.33. The average Bonchev–Trinajstić information content (AvgIpc) is 3.28. The van der Waals surface area contributed by atoms with E-state index in [1.807, 2.05) is 13.0 Å². The molecule has 3 rings (SSSR count). The highest BCUT2D eigenvalue weighted by Gasteiger charge is 2.19. The summed E-state index contributed by atoms with van der Waals surface area (Å²) < 4.78 is 38.8. The molecule has 0 spiro atoms. The molecule has 0 unspecified atom stereocenters. The summed E-state index contributed by atoms with van der Waals surface area (Å²) in [7, 11) is -2.30. The standard InChI is InChI=1S/C20H21N3O5S2/c1-12-5-8-17(27-4)16(11-12)23-30(25,26)19-10-7-15(29-19)6-9-18-20(21-14(3)24)13(2)22-28-18/h5-11,23H,1-4H3,(H,21,24). The molecule has 2 N–H and O–H groups in total. The van der Waals surface area contributed by atoms with E-state index in [2.05, 4.69) is 15.2 Å². The molecule has 1 amide bonds. The quantitative estimate of drug-likeness (QED) is 0.559. The van der Waals surface area contributed by atoms with Crippen molar-refractivity contribution >= 4 is 50.8 Å². The van der Waals surface area contributed by atoms with E-state index in [1.54, 1.807) is 37.3 Å². The van der Waals surface area contributed by atoms with E-state index in [-0.39, 0.29) is 10.1 Å². The monoisotopic (exact) mass is 447 g/mol. The van der Waals surface area contributed by atoms with Gasteiger partial charge in [-0.3, -0.25) is 9.52 Å². The van der Waals surface area contributed by atoms with Gasteiger partial charge in [0, 0.05) is 11.8 Å². The van der Waals surface area contributed by atoms with Crippen LogP contribution in [0.3, 0.4) is 0 Å². The molecule has 2 aromatic heterocycles. The zero-order valence-electron chi connectivity index (χ0n) is 16.8. The number of nitrogens with one attached hydrogen (secondary N) is 2. The normalized spacial score (nSPS) is 11.6. The first-order valence-electron chi connectivity index (χ1n) is 8.89. The molecule has 0 aliphatic heterocycles. The average molecular weight is 448 g/mol. The fraction of sp³-hybridized carbons (Fsp3) is 0.200. The van der Waals surface area contributed by atoms with Crippen LogP contribution >= 0.6 is 11.3 Å². The molecule has 30 heavy (non-hydrogen) atoms. The molecule has 2 heterocycles. The van der Waals surface area contributed by atoms with Crippen LogP contribution in [0.4, 0.5) is 11.4 Å². The first kappa shape index (κ1) is 21.6. The van der Waals surface area contributed by atoms with Crippen LogP contribution in [-0.2, 0) is 14.8 Å². The Balaban J connectivity index is 1.82. The van der Waals surface area contributed by atoms with Gasteiger partial charge in [-0.2, -0.15) is 0 Å². The zero-order chi connectivity index (χ0) is 21.9. The predicted molar refractivity (Wildman–Crippen MR) is 117 cm³/mol. The van der Waals surface area contributed by atoms with Crippen molar-refractivity contribution in [1.29, 1.82) is 0 Å². The lowest BCUT2D eigenvalue weighted by Crippen LogP contribution is -2.12. The second-order valence-corrected chi connectivity index (χ2v) is 9.51. The summed E-state index contributed by atoms with van der Waals surface area (Å²) in [5.41, 5.74) is 2.31. The topological polar surface area (TPSA) is 111 Å². The van der Waals surface area contributed by atoms with Crippen molar-refractivity contribution in [3.05, 3.63) is 52.2 Å². The lowest BCUT2D eigenvalue weighted by Gasteiger charge is -2.11. The fourth-order valence-electron chi connectivity index (χ4n) is 2.65. The number of thiophene rings is 1. The molecule has 10 heteroatoms. The summed E-state index contributed by atoms with van der Waals surface area (Å²) in [4.78, 5) is 12.0. The highest BCUT2D eigenvalue weighted by Crippen LogP contribution is 2.31. The van der Waals surface area contributed by atoms with Gasteiger partial charge in [0.2, 0.25) is 5.91 Å². The van der Waals surface area contributed by atoms with Crippen molar-refractivity contribution in [2.75, 3.05) is 17.1 Å². The Morgan fingerprint density at radius 2 is 1.97 bits per heavy atom. The lowest BCUT2D eigenvalue weighted by molar-refractivity contribution is -0.114. The van der Waals surface area contributed by atoms with E-state index in [4.69, 9.17) is 9.26 Å². The van der Waals surface area contributed by atoms with E-state index < -0.39 is 10.0 Å². The molecule has 0 radical (unpaired) electrons. The number of sulfonamides is 1. The Kier molecular flexibility index (Phi) is 6.28. The highest BCUT2D eigenvalue weighted by molar-refractivity contribution is 7.94. The molecule has 0 bridgehead atoms. The molecule has 0 aliphatic carbocycles.